The molecule has 0 saturated carbocycles. The number of carbonyl (C=O) groups is 2. The molecule has 8 nitrogen and oxygen atoms in total. The molecule has 0 aromatic heterocycles. The van der Waals surface area contributed by atoms with Gasteiger partial charge < -0.3 is 14.8 Å². The van der Waals surface area contributed by atoms with Gasteiger partial charge in [0.15, 0.2) is 0 Å². The maximum atomic E-state index is 13.7. The first-order chi connectivity index (χ1) is 20.6. The number of ether oxygens (including phenoxy) is 2. The van der Waals surface area contributed by atoms with Crippen LogP contribution in [-0.4, -0.2) is 29.1 Å². The smallest absolute Gasteiger partial charge is 0.337 e. The van der Waals surface area contributed by atoms with Crippen LogP contribution in [0.2, 0.25) is 0 Å². The van der Waals surface area contributed by atoms with Gasteiger partial charge in [0, 0.05) is 23.5 Å². The van der Waals surface area contributed by atoms with Gasteiger partial charge in [0.25, 0.3) is 5.69 Å². The van der Waals surface area contributed by atoms with Crippen LogP contribution < -0.4 is 5.32 Å². The molecule has 0 bridgehead atoms. The molecular weight excluding hydrogens is 544 g/mol. The number of esters is 2. The van der Waals surface area contributed by atoms with Crippen molar-refractivity contribution < 1.29 is 24.0 Å². The number of non-ortho nitro benzene ring substituents is 1. The predicted octanol–water partition coefficient (Wildman–Crippen LogP) is 7.12. The molecule has 8 heteroatoms. The van der Waals surface area contributed by atoms with Crippen LogP contribution in [0.15, 0.2) is 120 Å². The highest BCUT2D eigenvalue weighted by Crippen LogP contribution is 2.40. The molecule has 1 aliphatic heterocycles. The fourth-order valence-corrected chi connectivity index (χ4v) is 4.85. The van der Waals surface area contributed by atoms with Crippen LogP contribution in [-0.2, 0) is 19.1 Å². The minimum atomic E-state index is -0.961. The Morgan fingerprint density at radius 2 is 1.23 bits per heavy atom. The van der Waals surface area contributed by atoms with Crippen molar-refractivity contribution in [3.8, 4) is 0 Å². The van der Waals surface area contributed by atoms with E-state index in [0.717, 1.165) is 11.1 Å². The monoisotopic (exact) mass is 578 g/mol. The van der Waals surface area contributed by atoms with Gasteiger partial charge in [-0.1, -0.05) is 84.9 Å². The Hall–Kier alpha value is -5.24. The molecule has 3 aromatic carbocycles. The molecule has 1 N–H and O–H groups in total. The quantitative estimate of drug-likeness (QED) is 0.155. The predicted molar refractivity (Wildman–Crippen MR) is 166 cm³/mol. The summed E-state index contributed by atoms with van der Waals surface area (Å²) in [6, 6.07) is 25.1. The van der Waals surface area contributed by atoms with Crippen LogP contribution >= 0.6 is 0 Å². The number of benzene rings is 3. The first kappa shape index (κ1) is 30.7. The Balaban J connectivity index is 1.65. The molecule has 0 aliphatic carbocycles. The summed E-state index contributed by atoms with van der Waals surface area (Å²) in [5.41, 5.74) is 3.44. The number of nitro groups is 1. The van der Waals surface area contributed by atoms with E-state index in [9.17, 15) is 19.7 Å². The highest BCUT2D eigenvalue weighted by atomic mass is 16.6. The summed E-state index contributed by atoms with van der Waals surface area (Å²) in [5, 5.41) is 14.8. The van der Waals surface area contributed by atoms with Gasteiger partial charge in [0.1, 0.15) is 12.2 Å². The maximum absolute atomic E-state index is 13.7. The summed E-state index contributed by atoms with van der Waals surface area (Å²) in [7, 11) is 0. The van der Waals surface area contributed by atoms with Gasteiger partial charge in [0.05, 0.1) is 22.0 Å². The summed E-state index contributed by atoms with van der Waals surface area (Å²) in [6.07, 6.45) is 6.05. The molecule has 2 unspecified atom stereocenters. The lowest BCUT2D eigenvalue weighted by atomic mass is 9.80. The second kappa shape index (κ2) is 14.1. The number of allylic oxidation sites excluding steroid dienone is 2. The highest BCUT2D eigenvalue weighted by molar-refractivity contribution is 6.00. The molecule has 4 rings (SSSR count). The molecular formula is C35H34N2O6. The number of dihydropyridines is 1. The fourth-order valence-electron chi connectivity index (χ4n) is 4.85. The third-order valence-electron chi connectivity index (χ3n) is 6.92. The Bertz CT molecular complexity index is 1510. The minimum Gasteiger partial charge on any atom is -0.455 e. The SMILES string of the molecule is CC1=C(C(=O)OC(C)/C=C/c2ccccc2)C(c2cccc([N+](=O)[O-])c2)C(C(=O)OC(C)/C=C/c2ccccc2)=C(C)N1. The zero-order chi connectivity index (χ0) is 30.9. The van der Waals surface area contributed by atoms with E-state index >= 15 is 0 Å². The molecule has 0 spiro atoms. The largest absolute Gasteiger partial charge is 0.455 e. The second-order valence-corrected chi connectivity index (χ2v) is 10.2. The van der Waals surface area contributed by atoms with E-state index < -0.39 is 35.0 Å². The summed E-state index contributed by atoms with van der Waals surface area (Å²) in [4.78, 5) is 38.6. The van der Waals surface area contributed by atoms with Crippen LogP contribution in [0.4, 0.5) is 5.69 Å². The molecule has 0 saturated heterocycles. The number of carbonyl (C=O) groups excluding carboxylic acids is 2. The van der Waals surface area contributed by atoms with Crippen LogP contribution in [0.3, 0.4) is 0 Å². The second-order valence-electron chi connectivity index (χ2n) is 10.2. The standard InChI is InChI=1S/C35H34N2O6/c1-23(18-20-27-12-7-5-8-13-27)42-34(38)31-25(3)36-26(4)32(33(31)29-16-11-17-30(22-29)37(40)41)35(39)43-24(2)19-21-28-14-9-6-10-15-28/h5-24,33,36H,1-4H3/b20-18+,21-19+. The summed E-state index contributed by atoms with van der Waals surface area (Å²) in [6.45, 7) is 6.90. The Morgan fingerprint density at radius 1 is 0.767 bits per heavy atom. The zero-order valence-corrected chi connectivity index (χ0v) is 24.5. The molecule has 220 valence electrons. The van der Waals surface area contributed by atoms with Gasteiger partial charge in [0.2, 0.25) is 0 Å². The summed E-state index contributed by atoms with van der Waals surface area (Å²) < 4.78 is 11.6. The first-order valence-corrected chi connectivity index (χ1v) is 14.0. The van der Waals surface area contributed by atoms with E-state index in [4.69, 9.17) is 9.47 Å². The van der Waals surface area contributed by atoms with Crippen LogP contribution in [0.25, 0.3) is 12.2 Å². The average molecular weight is 579 g/mol. The lowest BCUT2D eigenvalue weighted by Gasteiger charge is -2.31. The van der Waals surface area contributed by atoms with Crippen LogP contribution in [0.5, 0.6) is 0 Å². The molecule has 0 amide bonds. The topological polar surface area (TPSA) is 108 Å². The van der Waals surface area contributed by atoms with Crippen molar-refractivity contribution in [1.29, 1.82) is 0 Å². The normalized spacial score (nSPS) is 16.6. The molecule has 1 heterocycles. The zero-order valence-electron chi connectivity index (χ0n) is 24.5. The van der Waals surface area contributed by atoms with E-state index in [1.54, 1.807) is 45.9 Å². The van der Waals surface area contributed by atoms with Gasteiger partial charge in [-0.05, 0) is 56.5 Å². The Labute approximate surface area is 251 Å². The number of nitrogens with zero attached hydrogens (tertiary/aromatic N) is 1. The van der Waals surface area contributed by atoms with Gasteiger partial charge in [-0.3, -0.25) is 10.1 Å². The summed E-state index contributed by atoms with van der Waals surface area (Å²) >= 11 is 0. The van der Waals surface area contributed by atoms with Crippen molar-refractivity contribution in [2.45, 2.75) is 45.8 Å². The molecule has 1 aliphatic rings. The van der Waals surface area contributed by atoms with Gasteiger partial charge in [-0.25, -0.2) is 9.59 Å². The third-order valence-corrected chi connectivity index (χ3v) is 6.92. The molecule has 0 fully saturated rings. The highest BCUT2D eigenvalue weighted by Gasteiger charge is 2.39. The van der Waals surface area contributed by atoms with Crippen molar-refractivity contribution >= 4 is 29.8 Å². The van der Waals surface area contributed by atoms with Crippen LogP contribution in [0.1, 0.15) is 50.3 Å². The lowest BCUT2D eigenvalue weighted by Crippen LogP contribution is -2.33. The maximum Gasteiger partial charge on any atom is 0.337 e. The van der Waals surface area contributed by atoms with E-state index in [1.807, 2.05) is 72.8 Å². The van der Waals surface area contributed by atoms with Crippen molar-refractivity contribution in [2.75, 3.05) is 0 Å². The average Bonchev–Trinajstić information content (AvgIpc) is 2.99. The lowest BCUT2D eigenvalue weighted by molar-refractivity contribution is -0.384. The van der Waals surface area contributed by atoms with E-state index in [-0.39, 0.29) is 16.8 Å². The van der Waals surface area contributed by atoms with Crippen molar-refractivity contribution in [1.82, 2.24) is 5.32 Å². The van der Waals surface area contributed by atoms with E-state index in [0.29, 0.717) is 17.0 Å². The number of hydrogen-bond donors (Lipinski definition) is 1. The molecule has 2 atom stereocenters. The minimum absolute atomic E-state index is 0.162. The Morgan fingerprint density at radius 3 is 1.67 bits per heavy atom. The van der Waals surface area contributed by atoms with E-state index in [1.165, 1.54) is 18.2 Å². The van der Waals surface area contributed by atoms with Gasteiger partial charge in [-0.15, -0.1) is 0 Å². The van der Waals surface area contributed by atoms with Crippen molar-refractivity contribution in [3.63, 3.8) is 0 Å². The first-order valence-electron chi connectivity index (χ1n) is 14.0. The number of nitrogens with one attached hydrogen (secondary N) is 1. The molecule has 0 radical (unpaired) electrons. The fraction of sp³-hybridized carbons (Fsp3) is 0.200. The molecule has 43 heavy (non-hydrogen) atoms. The van der Waals surface area contributed by atoms with Gasteiger partial charge in [-0.2, -0.15) is 0 Å². The third kappa shape index (κ3) is 7.95. The number of hydrogen-bond acceptors (Lipinski definition) is 7. The summed E-state index contributed by atoms with van der Waals surface area (Å²) in [5.74, 6) is -2.26. The van der Waals surface area contributed by atoms with E-state index in [2.05, 4.69) is 5.32 Å². The molecule has 3 aromatic rings. The van der Waals surface area contributed by atoms with Gasteiger partial charge >= 0.3 is 11.9 Å². The number of rotatable bonds is 10. The Kier molecular flexibility index (Phi) is 10.1. The van der Waals surface area contributed by atoms with Crippen molar-refractivity contribution in [2.24, 2.45) is 0 Å². The van der Waals surface area contributed by atoms with Crippen LogP contribution in [0, 0.1) is 10.1 Å². The number of nitro benzene ring substituents is 1. The van der Waals surface area contributed by atoms with Crippen molar-refractivity contribution in [3.05, 3.63) is 146 Å².